The van der Waals surface area contributed by atoms with Crippen LogP contribution in [0.4, 0.5) is 4.79 Å². The Hall–Kier alpha value is -3.00. The van der Waals surface area contributed by atoms with E-state index in [0.29, 0.717) is 11.8 Å². The second-order valence-electron chi connectivity index (χ2n) is 12.6. The van der Waals surface area contributed by atoms with Crippen molar-refractivity contribution in [1.29, 1.82) is 0 Å². The molecule has 3 aromatic rings. The van der Waals surface area contributed by atoms with Crippen molar-refractivity contribution in [2.45, 2.75) is 102 Å². The van der Waals surface area contributed by atoms with Crippen molar-refractivity contribution in [2.75, 3.05) is 7.05 Å². The number of amides is 2. The van der Waals surface area contributed by atoms with E-state index in [-0.39, 0.29) is 30.1 Å². The number of carbonyl (C=O) groups excluding carboxylic acids is 2. The van der Waals surface area contributed by atoms with E-state index in [4.69, 9.17) is 9.72 Å². The molecule has 3 aliphatic rings. The fraction of sp³-hybridized carbons (Fsp3) is 0.548. The smallest absolute Gasteiger partial charge is 0.410 e. The first-order chi connectivity index (χ1) is 18.6. The van der Waals surface area contributed by atoms with Gasteiger partial charge < -0.3 is 14.5 Å². The van der Waals surface area contributed by atoms with Crippen LogP contribution in [0.1, 0.15) is 98.6 Å². The summed E-state index contributed by atoms with van der Waals surface area (Å²) >= 11 is 1.68. The largest absolute Gasteiger partial charge is 0.444 e. The summed E-state index contributed by atoms with van der Waals surface area (Å²) in [7, 11) is 1.91. The van der Waals surface area contributed by atoms with Gasteiger partial charge in [-0.25, -0.2) is 14.8 Å². The number of nitrogens with zero attached hydrogens (tertiary/aromatic N) is 4. The van der Waals surface area contributed by atoms with Gasteiger partial charge in [-0.15, -0.1) is 11.3 Å². The third kappa shape index (κ3) is 5.04. The minimum atomic E-state index is -0.502. The highest BCUT2D eigenvalue weighted by atomic mass is 32.1. The molecule has 1 saturated carbocycles. The third-order valence-electron chi connectivity index (χ3n) is 8.80. The number of ether oxygens (including phenoxy) is 1. The number of hydrogen-bond acceptors (Lipinski definition) is 6. The first kappa shape index (κ1) is 26.2. The van der Waals surface area contributed by atoms with E-state index < -0.39 is 5.60 Å². The molecule has 2 bridgehead atoms. The molecule has 8 heteroatoms. The van der Waals surface area contributed by atoms with Crippen LogP contribution in [0, 0.1) is 6.92 Å². The minimum absolute atomic E-state index is 0.0551. The second kappa shape index (κ2) is 9.88. The van der Waals surface area contributed by atoms with Crippen molar-refractivity contribution < 1.29 is 14.3 Å². The Balaban J connectivity index is 1.07. The van der Waals surface area contributed by atoms with Crippen molar-refractivity contribution in [2.24, 2.45) is 0 Å². The number of carbonyl (C=O) groups is 2. The molecule has 2 atom stereocenters. The van der Waals surface area contributed by atoms with Gasteiger partial charge in [0.2, 0.25) is 0 Å². The zero-order chi connectivity index (χ0) is 27.5. The molecule has 3 fully saturated rings. The zero-order valence-corrected chi connectivity index (χ0v) is 24.3. The van der Waals surface area contributed by atoms with Gasteiger partial charge in [-0.3, -0.25) is 4.79 Å². The molecule has 2 aromatic heterocycles. The third-order valence-corrected chi connectivity index (χ3v) is 9.61. The predicted molar refractivity (Wildman–Crippen MR) is 153 cm³/mol. The molecule has 39 heavy (non-hydrogen) atoms. The maximum Gasteiger partial charge on any atom is 0.410 e. The van der Waals surface area contributed by atoms with Gasteiger partial charge in [-0.1, -0.05) is 12.1 Å². The van der Waals surface area contributed by atoms with Crippen LogP contribution in [-0.4, -0.2) is 62.5 Å². The Morgan fingerprint density at radius 2 is 1.64 bits per heavy atom. The Kier molecular flexibility index (Phi) is 6.64. The molecule has 4 heterocycles. The van der Waals surface area contributed by atoms with Crippen molar-refractivity contribution in [3.05, 3.63) is 58.4 Å². The minimum Gasteiger partial charge on any atom is -0.444 e. The second-order valence-corrected chi connectivity index (χ2v) is 13.5. The number of rotatable bonds is 4. The number of thiophene rings is 1. The quantitative estimate of drug-likeness (QED) is 0.366. The molecule has 0 radical (unpaired) electrons. The molecule has 1 aliphatic carbocycles. The molecular weight excluding hydrogens is 508 g/mol. The Labute approximate surface area is 234 Å². The maximum absolute atomic E-state index is 13.4. The van der Waals surface area contributed by atoms with Crippen molar-refractivity contribution in [3.8, 4) is 0 Å². The number of benzene rings is 1. The van der Waals surface area contributed by atoms with Gasteiger partial charge in [0.25, 0.3) is 5.91 Å². The summed E-state index contributed by atoms with van der Waals surface area (Å²) in [6, 6.07) is 10.8. The van der Waals surface area contributed by atoms with E-state index in [1.807, 2.05) is 56.7 Å². The average Bonchev–Trinajstić information content (AvgIpc) is 3.43. The first-order valence-electron chi connectivity index (χ1n) is 14.2. The molecule has 2 unspecified atom stereocenters. The van der Waals surface area contributed by atoms with Gasteiger partial charge >= 0.3 is 6.09 Å². The van der Waals surface area contributed by atoms with Gasteiger partial charge in [0.1, 0.15) is 16.3 Å². The highest BCUT2D eigenvalue weighted by Gasteiger charge is 2.46. The zero-order valence-electron chi connectivity index (χ0n) is 23.5. The summed E-state index contributed by atoms with van der Waals surface area (Å²) in [5, 5.41) is 3.30. The highest BCUT2D eigenvalue weighted by molar-refractivity contribution is 7.16. The summed E-state index contributed by atoms with van der Waals surface area (Å²) < 4.78 is 5.67. The van der Waals surface area contributed by atoms with Crippen LogP contribution in [0.15, 0.2) is 35.7 Å². The van der Waals surface area contributed by atoms with Gasteiger partial charge in [0, 0.05) is 42.0 Å². The Bertz CT molecular complexity index is 1380. The molecule has 6 rings (SSSR count). The fourth-order valence-electron chi connectivity index (χ4n) is 6.76. The normalized spacial score (nSPS) is 26.4. The van der Waals surface area contributed by atoms with Crippen LogP contribution in [0.25, 0.3) is 10.2 Å². The Morgan fingerprint density at radius 3 is 2.28 bits per heavy atom. The number of aromatic nitrogens is 2. The topological polar surface area (TPSA) is 75.6 Å². The molecule has 1 aromatic carbocycles. The average molecular weight is 547 g/mol. The van der Waals surface area contributed by atoms with Crippen molar-refractivity contribution in [3.63, 3.8) is 0 Å². The van der Waals surface area contributed by atoms with E-state index in [1.54, 1.807) is 11.3 Å². The van der Waals surface area contributed by atoms with Crippen LogP contribution in [-0.2, 0) is 4.74 Å². The van der Waals surface area contributed by atoms with Crippen LogP contribution < -0.4 is 0 Å². The van der Waals surface area contributed by atoms with E-state index in [0.717, 1.165) is 54.7 Å². The maximum atomic E-state index is 13.4. The lowest BCUT2D eigenvalue weighted by Gasteiger charge is -2.42. The van der Waals surface area contributed by atoms with Crippen LogP contribution in [0.2, 0.25) is 0 Å². The van der Waals surface area contributed by atoms with E-state index in [2.05, 4.69) is 28.6 Å². The molecule has 0 N–H and O–H groups in total. The van der Waals surface area contributed by atoms with Crippen molar-refractivity contribution in [1.82, 2.24) is 19.8 Å². The Morgan fingerprint density at radius 1 is 0.974 bits per heavy atom. The monoisotopic (exact) mass is 546 g/mol. The first-order valence-corrected chi connectivity index (χ1v) is 15.1. The standard InChI is InChI=1S/C31H38N4O3S/c1-18-32-27(26-12-13-39-28(26)33-18)22-14-21(15-22)19-6-8-20(9-7-19)29(36)34(5)25-16-23-10-11-24(17-25)35(23)30(37)38-31(2,3)4/h6-9,12-13,21-25H,10-11,14-17H2,1-5H3. The lowest BCUT2D eigenvalue weighted by Crippen LogP contribution is -2.53. The molecule has 2 saturated heterocycles. The molecular formula is C31H38N4O3S. The summed E-state index contributed by atoms with van der Waals surface area (Å²) in [4.78, 5) is 40.5. The number of fused-ring (bicyclic) bond motifs is 3. The number of piperidine rings is 1. The van der Waals surface area contributed by atoms with Gasteiger partial charge in [0.05, 0.1) is 5.69 Å². The lowest BCUT2D eigenvalue weighted by atomic mass is 9.69. The number of hydrogen-bond donors (Lipinski definition) is 0. The van der Waals surface area contributed by atoms with Gasteiger partial charge in [-0.05, 0) is 101 Å². The van der Waals surface area contributed by atoms with Crippen molar-refractivity contribution >= 4 is 33.6 Å². The molecule has 206 valence electrons. The predicted octanol–water partition coefficient (Wildman–Crippen LogP) is 6.66. The fourth-order valence-corrected chi connectivity index (χ4v) is 7.58. The summed E-state index contributed by atoms with van der Waals surface area (Å²) in [5.74, 6) is 1.86. The SMILES string of the molecule is Cc1nc(C2CC(c3ccc(C(=O)N(C)C4CC5CCC(C4)N5C(=O)OC(C)(C)C)cc3)C2)c2ccsc2n1. The highest BCUT2D eigenvalue weighted by Crippen LogP contribution is 2.48. The lowest BCUT2D eigenvalue weighted by molar-refractivity contribution is -0.00112. The molecule has 0 spiro atoms. The van der Waals surface area contributed by atoms with Gasteiger partial charge in [0.15, 0.2) is 0 Å². The van der Waals surface area contributed by atoms with Gasteiger partial charge in [-0.2, -0.15) is 0 Å². The summed E-state index contributed by atoms with van der Waals surface area (Å²) in [5.41, 5.74) is 2.71. The molecule has 2 aliphatic heterocycles. The molecule has 7 nitrogen and oxygen atoms in total. The van der Waals surface area contributed by atoms with E-state index in [9.17, 15) is 9.59 Å². The molecule has 2 amide bonds. The number of aryl methyl sites for hydroxylation is 1. The summed E-state index contributed by atoms with van der Waals surface area (Å²) in [6.45, 7) is 7.69. The van der Waals surface area contributed by atoms with Crippen LogP contribution in [0.5, 0.6) is 0 Å². The summed E-state index contributed by atoms with van der Waals surface area (Å²) in [6.07, 6.45) is 5.50. The van der Waals surface area contributed by atoms with E-state index in [1.165, 1.54) is 16.6 Å². The van der Waals surface area contributed by atoms with Crippen LogP contribution >= 0.6 is 11.3 Å². The van der Waals surface area contributed by atoms with E-state index >= 15 is 0 Å². The van der Waals surface area contributed by atoms with Crippen LogP contribution in [0.3, 0.4) is 0 Å².